The second kappa shape index (κ2) is 9.77. The molecular formula is C20H25FN4O3. The molecule has 2 amide bonds. The standard InChI is InChI=1S/C20H25FN4O3/c1-12(21)9-17(13(2)28-4)18-10-19(23-11-22-18)25-20(27)15-5-7-16(8-6-15)24-14(3)26/h9-11,15-16H,1-2,5-8H2,3-4H3,(H,24,26)(H,22,23,25,27)/b17-9+. The number of rotatable bonds is 7. The summed E-state index contributed by atoms with van der Waals surface area (Å²) in [5.41, 5.74) is 0.661. The van der Waals surface area contributed by atoms with Gasteiger partial charge in [-0.15, -0.1) is 0 Å². The zero-order valence-corrected chi connectivity index (χ0v) is 16.1. The van der Waals surface area contributed by atoms with Crippen LogP contribution in [0.15, 0.2) is 43.2 Å². The Bertz CT molecular complexity index is 798. The van der Waals surface area contributed by atoms with Gasteiger partial charge in [-0.1, -0.05) is 13.2 Å². The van der Waals surface area contributed by atoms with E-state index in [0.717, 1.165) is 18.9 Å². The maximum absolute atomic E-state index is 13.3. The number of aromatic nitrogens is 2. The highest BCUT2D eigenvalue weighted by Gasteiger charge is 2.27. The number of halogens is 1. The Kier molecular flexibility index (Phi) is 7.43. The van der Waals surface area contributed by atoms with Gasteiger partial charge in [0, 0.05) is 30.5 Å². The monoisotopic (exact) mass is 388 g/mol. The van der Waals surface area contributed by atoms with Gasteiger partial charge in [-0.25, -0.2) is 14.4 Å². The number of hydrogen-bond acceptors (Lipinski definition) is 5. The molecule has 2 N–H and O–H groups in total. The second-order valence-corrected chi connectivity index (χ2v) is 6.66. The summed E-state index contributed by atoms with van der Waals surface area (Å²) in [5.74, 6) is -0.508. The van der Waals surface area contributed by atoms with Crippen LogP contribution in [-0.4, -0.2) is 34.9 Å². The van der Waals surface area contributed by atoms with Crippen molar-refractivity contribution in [2.24, 2.45) is 5.92 Å². The van der Waals surface area contributed by atoms with Crippen LogP contribution in [0.1, 0.15) is 38.3 Å². The van der Waals surface area contributed by atoms with Crippen molar-refractivity contribution >= 4 is 23.2 Å². The smallest absolute Gasteiger partial charge is 0.228 e. The van der Waals surface area contributed by atoms with Crippen molar-refractivity contribution in [3.63, 3.8) is 0 Å². The summed E-state index contributed by atoms with van der Waals surface area (Å²) in [5, 5.41) is 5.67. The lowest BCUT2D eigenvalue weighted by molar-refractivity contribution is -0.121. The van der Waals surface area contributed by atoms with Gasteiger partial charge in [-0.2, -0.15) is 0 Å². The maximum Gasteiger partial charge on any atom is 0.228 e. The van der Waals surface area contributed by atoms with Crippen molar-refractivity contribution in [3.05, 3.63) is 48.9 Å². The number of nitrogens with one attached hydrogen (secondary N) is 2. The number of carbonyl (C=O) groups is 2. The van der Waals surface area contributed by atoms with Gasteiger partial charge in [-0.05, 0) is 31.8 Å². The van der Waals surface area contributed by atoms with Crippen molar-refractivity contribution in [2.75, 3.05) is 12.4 Å². The molecule has 150 valence electrons. The zero-order chi connectivity index (χ0) is 20.7. The first-order valence-corrected chi connectivity index (χ1v) is 9.00. The van der Waals surface area contributed by atoms with E-state index in [1.807, 2.05) is 0 Å². The highest BCUT2D eigenvalue weighted by molar-refractivity contribution is 5.92. The van der Waals surface area contributed by atoms with E-state index in [2.05, 4.69) is 33.8 Å². The molecule has 1 aliphatic carbocycles. The van der Waals surface area contributed by atoms with E-state index in [4.69, 9.17) is 4.74 Å². The molecule has 0 unspecified atom stereocenters. The summed E-state index contributed by atoms with van der Waals surface area (Å²) in [4.78, 5) is 31.9. The van der Waals surface area contributed by atoms with Gasteiger partial charge in [0.2, 0.25) is 11.8 Å². The lowest BCUT2D eigenvalue weighted by atomic mass is 9.85. The number of anilines is 1. The number of allylic oxidation sites excluding steroid dienone is 3. The van der Waals surface area contributed by atoms with Gasteiger partial charge in [0.15, 0.2) is 0 Å². The van der Waals surface area contributed by atoms with Gasteiger partial charge in [0.25, 0.3) is 0 Å². The average Bonchev–Trinajstić information content (AvgIpc) is 2.65. The summed E-state index contributed by atoms with van der Waals surface area (Å²) in [6, 6.07) is 1.65. The quantitative estimate of drug-likeness (QED) is 0.553. The average molecular weight is 388 g/mol. The molecule has 28 heavy (non-hydrogen) atoms. The summed E-state index contributed by atoms with van der Waals surface area (Å²) in [6.45, 7) is 8.42. The summed E-state index contributed by atoms with van der Waals surface area (Å²) in [6.07, 6.45) is 5.31. The lowest BCUT2D eigenvalue weighted by Crippen LogP contribution is -2.38. The van der Waals surface area contributed by atoms with Crippen molar-refractivity contribution < 1.29 is 18.7 Å². The molecule has 1 heterocycles. The van der Waals surface area contributed by atoms with Crippen LogP contribution in [0.5, 0.6) is 0 Å². The number of carbonyl (C=O) groups excluding carboxylic acids is 2. The van der Waals surface area contributed by atoms with Crippen LogP contribution in [-0.2, 0) is 14.3 Å². The Balaban J connectivity index is 2.06. The minimum Gasteiger partial charge on any atom is -0.497 e. The molecular weight excluding hydrogens is 363 g/mol. The lowest BCUT2D eigenvalue weighted by Gasteiger charge is -2.28. The number of ether oxygens (including phenoxy) is 1. The first-order chi connectivity index (χ1) is 13.3. The highest BCUT2D eigenvalue weighted by atomic mass is 19.1. The molecule has 1 fully saturated rings. The molecule has 8 heteroatoms. The van der Waals surface area contributed by atoms with Gasteiger partial charge in [-0.3, -0.25) is 9.59 Å². The number of methoxy groups -OCH3 is 1. The topological polar surface area (TPSA) is 93.2 Å². The number of amides is 2. The van der Waals surface area contributed by atoms with Crippen molar-refractivity contribution in [1.82, 2.24) is 15.3 Å². The minimum atomic E-state index is -0.673. The third-order valence-corrected chi connectivity index (χ3v) is 4.55. The maximum atomic E-state index is 13.3. The van der Waals surface area contributed by atoms with Gasteiger partial charge in [0.1, 0.15) is 23.7 Å². The van der Waals surface area contributed by atoms with E-state index in [-0.39, 0.29) is 29.5 Å². The predicted octanol–water partition coefficient (Wildman–Crippen LogP) is 3.14. The summed E-state index contributed by atoms with van der Waals surface area (Å²) < 4.78 is 18.4. The molecule has 0 aromatic carbocycles. The third-order valence-electron chi connectivity index (χ3n) is 4.55. The normalized spacial score (nSPS) is 19.5. The Labute approximate surface area is 163 Å². The Morgan fingerprint density at radius 1 is 1.25 bits per heavy atom. The molecule has 0 saturated heterocycles. The van der Waals surface area contributed by atoms with Crippen molar-refractivity contribution in [2.45, 2.75) is 38.6 Å². The molecule has 0 bridgehead atoms. The molecule has 0 aliphatic heterocycles. The van der Waals surface area contributed by atoms with Gasteiger partial charge < -0.3 is 15.4 Å². The fourth-order valence-electron chi connectivity index (χ4n) is 3.15. The number of hydrogen-bond donors (Lipinski definition) is 2. The molecule has 7 nitrogen and oxygen atoms in total. The minimum absolute atomic E-state index is 0.0566. The van der Waals surface area contributed by atoms with Crippen molar-refractivity contribution in [3.8, 4) is 0 Å². The molecule has 0 spiro atoms. The Hall–Kier alpha value is -3.03. The summed E-state index contributed by atoms with van der Waals surface area (Å²) in [7, 11) is 1.42. The van der Waals surface area contributed by atoms with Crippen LogP contribution in [0.4, 0.5) is 10.2 Å². The Morgan fingerprint density at radius 2 is 1.93 bits per heavy atom. The van der Waals surface area contributed by atoms with E-state index in [0.29, 0.717) is 29.9 Å². The van der Waals surface area contributed by atoms with Gasteiger partial charge >= 0.3 is 0 Å². The fourth-order valence-corrected chi connectivity index (χ4v) is 3.15. The van der Waals surface area contributed by atoms with Crippen LogP contribution in [0, 0.1) is 5.92 Å². The van der Waals surface area contributed by atoms with E-state index < -0.39 is 5.83 Å². The van der Waals surface area contributed by atoms with Crippen LogP contribution >= 0.6 is 0 Å². The second-order valence-electron chi connectivity index (χ2n) is 6.66. The van der Waals surface area contributed by atoms with E-state index >= 15 is 0 Å². The number of nitrogens with zero attached hydrogens (tertiary/aromatic N) is 2. The first-order valence-electron chi connectivity index (χ1n) is 9.00. The van der Waals surface area contributed by atoms with Crippen LogP contribution in [0.25, 0.3) is 5.57 Å². The molecule has 1 saturated carbocycles. The molecule has 1 aromatic rings. The molecule has 0 atom stereocenters. The fraction of sp³-hybridized carbons (Fsp3) is 0.400. The largest absolute Gasteiger partial charge is 0.497 e. The SMILES string of the molecule is C=C(F)/C=C(\C(=C)OC)c1cc(NC(=O)C2CCC(NC(C)=O)CC2)ncn1. The zero-order valence-electron chi connectivity index (χ0n) is 16.1. The van der Waals surface area contributed by atoms with E-state index in [9.17, 15) is 14.0 Å². The van der Waals surface area contributed by atoms with Crippen LogP contribution in [0.3, 0.4) is 0 Å². The van der Waals surface area contributed by atoms with Crippen LogP contribution < -0.4 is 10.6 Å². The summed E-state index contributed by atoms with van der Waals surface area (Å²) >= 11 is 0. The van der Waals surface area contributed by atoms with Crippen molar-refractivity contribution in [1.29, 1.82) is 0 Å². The van der Waals surface area contributed by atoms with E-state index in [1.54, 1.807) is 0 Å². The molecule has 0 radical (unpaired) electrons. The van der Waals surface area contributed by atoms with Gasteiger partial charge in [0.05, 0.1) is 12.8 Å². The predicted molar refractivity (Wildman–Crippen MR) is 105 cm³/mol. The molecule has 1 aliphatic rings. The van der Waals surface area contributed by atoms with E-state index in [1.165, 1.54) is 26.4 Å². The Morgan fingerprint density at radius 3 is 2.50 bits per heavy atom. The highest BCUT2D eigenvalue weighted by Crippen LogP contribution is 2.27. The molecule has 1 aromatic heterocycles. The first kappa shape index (κ1) is 21.3. The third kappa shape index (κ3) is 6.00. The molecule has 2 rings (SSSR count). The van der Waals surface area contributed by atoms with Crippen LogP contribution in [0.2, 0.25) is 0 Å².